The first-order valence-electron chi connectivity index (χ1n) is 21.9. The molecule has 1 fully saturated rings. The number of H-pyrrole nitrogens is 1. The van der Waals surface area contributed by atoms with E-state index in [0.29, 0.717) is 49.3 Å². The first-order chi connectivity index (χ1) is 30.8. The Labute approximate surface area is 374 Å². The molecule has 330 valence electrons. The predicted octanol–water partition coefficient (Wildman–Crippen LogP) is 10.4. The van der Waals surface area contributed by atoms with Gasteiger partial charge in [-0.3, -0.25) is 19.3 Å². The Morgan fingerprint density at radius 3 is 2.20 bits per heavy atom. The van der Waals surface area contributed by atoms with Crippen molar-refractivity contribution in [1.29, 1.82) is 0 Å². The molecule has 7 rings (SSSR count). The van der Waals surface area contributed by atoms with E-state index in [1.165, 1.54) is 4.90 Å². The standard InChI is InChI=1S/C52H56N6O6/c1-6-7-29-58(44(59)32-35-17-10-8-11-18-35)50(62)54-39-25-23-37(24-26-39)46-45(38-21-14-16-34(2)31-38)41-33-40(27-28-42(41)55-46)53-48(60)43-22-15-30-57(43)49(61)47(36-19-12-9-13-20-36)56-51(63)64-52(3,4)5/h8-14,16-21,23-28,31,33,43,47,55H,6-7,15,22,29-30,32H2,1-5H3,(H,53,60)(H,54,62)(H,56,63)/t43-,47+/m0/s1. The highest BCUT2D eigenvalue weighted by atomic mass is 16.6. The lowest BCUT2D eigenvalue weighted by Crippen LogP contribution is -2.49. The maximum absolute atomic E-state index is 14.2. The van der Waals surface area contributed by atoms with Crippen LogP contribution in [0, 0.1) is 6.92 Å². The molecule has 1 aliphatic rings. The summed E-state index contributed by atoms with van der Waals surface area (Å²) < 4.78 is 5.50. The molecule has 12 heteroatoms. The SMILES string of the molecule is CCCCN(C(=O)Cc1ccccc1)C(=O)Nc1ccc(-c2[nH]c3ccc(NC(=O)[C@@H]4CCCN4C(=O)[C@H](NC(=O)OC(C)(C)C)c4ccccc4)cc3c2-c2cccc(C)c2)cc1. The van der Waals surface area contributed by atoms with Gasteiger partial charge in [0, 0.05) is 40.9 Å². The maximum atomic E-state index is 14.2. The number of likely N-dealkylation sites (tertiary alicyclic amines) is 1. The Hall–Kier alpha value is -7.21. The number of urea groups is 1. The van der Waals surface area contributed by atoms with Crippen LogP contribution in [-0.2, 0) is 25.5 Å². The Morgan fingerprint density at radius 1 is 0.812 bits per heavy atom. The number of ether oxygens (including phenoxy) is 1. The van der Waals surface area contributed by atoms with Gasteiger partial charge in [0.2, 0.25) is 11.8 Å². The predicted molar refractivity (Wildman–Crippen MR) is 252 cm³/mol. The molecule has 0 spiro atoms. The van der Waals surface area contributed by atoms with Crippen molar-refractivity contribution >= 4 is 52.1 Å². The summed E-state index contributed by atoms with van der Waals surface area (Å²) in [6, 6.07) is 37.5. The van der Waals surface area contributed by atoms with E-state index in [2.05, 4.69) is 27.0 Å². The molecule has 0 unspecified atom stereocenters. The number of fused-ring (bicyclic) bond motifs is 1. The molecule has 4 N–H and O–H groups in total. The van der Waals surface area contributed by atoms with Crippen LogP contribution in [-0.4, -0.2) is 69.4 Å². The molecule has 64 heavy (non-hydrogen) atoms. The molecule has 6 aromatic rings. The van der Waals surface area contributed by atoms with Crippen LogP contribution in [0.1, 0.15) is 76.1 Å². The lowest BCUT2D eigenvalue weighted by Gasteiger charge is -2.29. The summed E-state index contributed by atoms with van der Waals surface area (Å²) >= 11 is 0. The molecule has 0 radical (unpaired) electrons. The minimum absolute atomic E-state index is 0.132. The Balaban J connectivity index is 1.12. The molecule has 0 aliphatic carbocycles. The highest BCUT2D eigenvalue weighted by molar-refractivity contribution is 6.07. The van der Waals surface area contributed by atoms with Gasteiger partial charge in [-0.15, -0.1) is 0 Å². The van der Waals surface area contributed by atoms with Crippen molar-refractivity contribution in [1.82, 2.24) is 20.1 Å². The molecule has 12 nitrogen and oxygen atoms in total. The van der Waals surface area contributed by atoms with Crippen LogP contribution in [0.5, 0.6) is 0 Å². The van der Waals surface area contributed by atoms with Crippen LogP contribution < -0.4 is 16.0 Å². The molecule has 2 atom stereocenters. The van der Waals surface area contributed by atoms with Gasteiger partial charge in [-0.25, -0.2) is 9.59 Å². The maximum Gasteiger partial charge on any atom is 0.408 e. The van der Waals surface area contributed by atoms with Gasteiger partial charge in [0.05, 0.1) is 12.1 Å². The third-order valence-corrected chi connectivity index (χ3v) is 11.2. The molecule has 1 aromatic heterocycles. The monoisotopic (exact) mass is 860 g/mol. The van der Waals surface area contributed by atoms with E-state index in [1.807, 2.05) is 111 Å². The summed E-state index contributed by atoms with van der Waals surface area (Å²) in [5, 5.41) is 9.65. The first-order valence-corrected chi connectivity index (χ1v) is 21.9. The number of carbonyl (C=O) groups excluding carboxylic acids is 5. The van der Waals surface area contributed by atoms with Crippen molar-refractivity contribution in [3.8, 4) is 22.4 Å². The second-order valence-corrected chi connectivity index (χ2v) is 17.2. The number of aromatic amines is 1. The number of rotatable bonds is 13. The number of hydrogen-bond donors (Lipinski definition) is 4. The lowest BCUT2D eigenvalue weighted by atomic mass is 9.97. The fraction of sp³-hybridized carbons (Fsp3) is 0.288. The fourth-order valence-corrected chi connectivity index (χ4v) is 8.07. The number of aromatic nitrogens is 1. The third kappa shape index (κ3) is 10.9. The quantitative estimate of drug-likeness (QED) is 0.0907. The molecule has 1 aliphatic heterocycles. The van der Waals surface area contributed by atoms with Crippen molar-refractivity contribution in [2.45, 2.75) is 84.4 Å². The highest BCUT2D eigenvalue weighted by Gasteiger charge is 2.39. The molecular formula is C52H56N6O6. The second-order valence-electron chi connectivity index (χ2n) is 17.2. The number of anilines is 2. The Kier molecular flexibility index (Phi) is 13.9. The van der Waals surface area contributed by atoms with Crippen LogP contribution in [0.2, 0.25) is 0 Å². The van der Waals surface area contributed by atoms with Crippen LogP contribution in [0.3, 0.4) is 0 Å². The van der Waals surface area contributed by atoms with Crippen LogP contribution in [0.4, 0.5) is 21.0 Å². The van der Waals surface area contributed by atoms with Gasteiger partial charge in [0.15, 0.2) is 0 Å². The van der Waals surface area contributed by atoms with Gasteiger partial charge < -0.3 is 30.6 Å². The zero-order chi connectivity index (χ0) is 45.4. The van der Waals surface area contributed by atoms with E-state index in [-0.39, 0.29) is 18.2 Å². The number of hydrogen-bond acceptors (Lipinski definition) is 6. The average Bonchev–Trinajstić information content (AvgIpc) is 3.92. The Morgan fingerprint density at radius 2 is 1.52 bits per heavy atom. The van der Waals surface area contributed by atoms with E-state index in [4.69, 9.17) is 4.74 Å². The first kappa shape index (κ1) is 44.8. The largest absolute Gasteiger partial charge is 0.444 e. The van der Waals surface area contributed by atoms with E-state index in [1.54, 1.807) is 49.9 Å². The van der Waals surface area contributed by atoms with Crippen molar-refractivity contribution in [3.05, 3.63) is 144 Å². The minimum atomic E-state index is -1.05. The number of nitrogens with one attached hydrogen (secondary N) is 4. The molecule has 0 saturated carbocycles. The van der Waals surface area contributed by atoms with E-state index < -0.39 is 35.7 Å². The summed E-state index contributed by atoms with van der Waals surface area (Å²) in [4.78, 5) is 74.5. The van der Waals surface area contributed by atoms with Crippen LogP contribution in [0.15, 0.2) is 127 Å². The van der Waals surface area contributed by atoms with Gasteiger partial charge >= 0.3 is 12.1 Å². The summed E-state index contributed by atoms with van der Waals surface area (Å²) in [7, 11) is 0. The molecule has 2 heterocycles. The average molecular weight is 861 g/mol. The Bertz CT molecular complexity index is 2620. The van der Waals surface area contributed by atoms with E-state index in [0.717, 1.165) is 50.8 Å². The number of unbranched alkanes of at least 4 members (excludes halogenated alkanes) is 1. The molecular weight excluding hydrogens is 805 g/mol. The lowest BCUT2D eigenvalue weighted by molar-refractivity contribution is -0.138. The molecule has 5 aromatic carbocycles. The van der Waals surface area contributed by atoms with Crippen LogP contribution in [0.25, 0.3) is 33.3 Å². The van der Waals surface area contributed by atoms with E-state index in [9.17, 15) is 24.0 Å². The van der Waals surface area contributed by atoms with Gasteiger partial charge in [-0.2, -0.15) is 0 Å². The van der Waals surface area contributed by atoms with Gasteiger partial charge in [0.1, 0.15) is 17.7 Å². The zero-order valence-corrected chi connectivity index (χ0v) is 37.1. The summed E-state index contributed by atoms with van der Waals surface area (Å²) in [5.41, 5.74) is 7.33. The van der Waals surface area contributed by atoms with Crippen molar-refractivity contribution < 1.29 is 28.7 Å². The number of amides is 6. The molecule has 6 amide bonds. The smallest absolute Gasteiger partial charge is 0.408 e. The van der Waals surface area contributed by atoms with Gasteiger partial charge in [-0.05, 0) is 99.5 Å². The fourth-order valence-electron chi connectivity index (χ4n) is 8.07. The summed E-state index contributed by atoms with van der Waals surface area (Å²) in [6.07, 6.45) is 2.04. The number of alkyl carbamates (subject to hydrolysis) is 1. The topological polar surface area (TPSA) is 153 Å². The number of benzene rings is 5. The van der Waals surface area contributed by atoms with Crippen LogP contribution >= 0.6 is 0 Å². The summed E-state index contributed by atoms with van der Waals surface area (Å²) in [6.45, 7) is 10.0. The number of carbonyl (C=O) groups is 5. The second kappa shape index (κ2) is 19.9. The van der Waals surface area contributed by atoms with Crippen molar-refractivity contribution in [2.24, 2.45) is 0 Å². The normalized spacial score (nSPS) is 14.1. The number of imide groups is 1. The van der Waals surface area contributed by atoms with Gasteiger partial charge in [-0.1, -0.05) is 116 Å². The van der Waals surface area contributed by atoms with Crippen molar-refractivity contribution in [2.75, 3.05) is 23.7 Å². The zero-order valence-electron chi connectivity index (χ0n) is 37.1. The molecule has 1 saturated heterocycles. The summed E-state index contributed by atoms with van der Waals surface area (Å²) in [5.74, 6) is -0.975. The van der Waals surface area contributed by atoms with Gasteiger partial charge in [0.25, 0.3) is 5.91 Å². The highest BCUT2D eigenvalue weighted by Crippen LogP contribution is 2.40. The third-order valence-electron chi connectivity index (χ3n) is 11.2. The van der Waals surface area contributed by atoms with Crippen molar-refractivity contribution in [3.63, 3.8) is 0 Å². The minimum Gasteiger partial charge on any atom is -0.444 e. The number of aryl methyl sites for hydroxylation is 1. The molecule has 0 bridgehead atoms. The number of nitrogens with zero attached hydrogens (tertiary/aromatic N) is 2. The van der Waals surface area contributed by atoms with E-state index >= 15 is 0 Å².